The lowest BCUT2D eigenvalue weighted by molar-refractivity contribution is 0.849. The van der Waals surface area contributed by atoms with Gasteiger partial charge < -0.3 is 0 Å². The maximum atomic E-state index is 10.5. The highest BCUT2D eigenvalue weighted by atomic mass is 79.9. The maximum Gasteiger partial charge on any atom is 0.217 e. The molecule has 0 atom stereocenters. The Morgan fingerprint density at radius 3 is 2.65 bits per heavy atom. The van der Waals surface area contributed by atoms with Crippen molar-refractivity contribution in [2.75, 3.05) is 0 Å². The molecule has 8 nitrogen and oxygen atoms in total. The van der Waals surface area contributed by atoms with Crippen LogP contribution in [0.2, 0.25) is 0 Å². The van der Waals surface area contributed by atoms with Gasteiger partial charge in [0.15, 0.2) is 11.3 Å². The zero-order chi connectivity index (χ0) is 18.1. The second kappa shape index (κ2) is 7.12. The Kier molecular flexibility index (Phi) is 4.68. The molecule has 1 aliphatic carbocycles. The second-order valence-corrected chi connectivity index (χ2v) is 7.91. The number of hydrogen-bond acceptors (Lipinski definition) is 7. The van der Waals surface area contributed by atoms with E-state index in [0.717, 1.165) is 16.0 Å². The van der Waals surface area contributed by atoms with E-state index in [1.165, 1.54) is 35.3 Å². The Morgan fingerprint density at radius 1 is 1.15 bits per heavy atom. The normalized spacial score (nSPS) is 13.6. The molecule has 0 bridgehead atoms. The molecule has 0 radical (unpaired) electrons. The molecule has 1 fully saturated rings. The number of imidazole rings is 1. The number of halogens is 1. The van der Waals surface area contributed by atoms with E-state index in [4.69, 9.17) is 0 Å². The molecule has 0 N–H and O–H groups in total. The van der Waals surface area contributed by atoms with Crippen molar-refractivity contribution in [3.8, 4) is 0 Å². The van der Waals surface area contributed by atoms with E-state index in [0.29, 0.717) is 15.8 Å². The van der Waals surface area contributed by atoms with Gasteiger partial charge in [-0.25, -0.2) is 9.50 Å². The molecule has 0 spiro atoms. The summed E-state index contributed by atoms with van der Waals surface area (Å²) in [6.45, 7) is 2.28. The Labute approximate surface area is 161 Å². The van der Waals surface area contributed by atoms with E-state index in [9.17, 15) is 4.91 Å². The average Bonchev–Trinajstić information content (AvgIpc) is 3.17. The molecule has 132 valence electrons. The first-order valence-electron chi connectivity index (χ1n) is 8.00. The van der Waals surface area contributed by atoms with Gasteiger partial charge in [-0.1, -0.05) is 19.8 Å². The summed E-state index contributed by atoms with van der Waals surface area (Å²) in [5, 5.41) is 16.8. The van der Waals surface area contributed by atoms with E-state index >= 15 is 0 Å². The van der Waals surface area contributed by atoms with Gasteiger partial charge in [0, 0.05) is 10.7 Å². The van der Waals surface area contributed by atoms with Crippen LogP contribution in [0.25, 0.3) is 11.3 Å². The zero-order valence-electron chi connectivity index (χ0n) is 13.8. The Hall–Kier alpha value is -2.33. The van der Waals surface area contributed by atoms with Crippen LogP contribution in [0.1, 0.15) is 19.8 Å². The Morgan fingerprint density at radius 2 is 1.92 bits per heavy atom. The first-order chi connectivity index (χ1) is 12.6. The second-order valence-electron chi connectivity index (χ2n) is 6.01. The van der Waals surface area contributed by atoms with Gasteiger partial charge >= 0.3 is 0 Å². The molecule has 26 heavy (non-hydrogen) atoms. The molecule has 1 saturated carbocycles. The summed E-state index contributed by atoms with van der Waals surface area (Å²) >= 11 is 4.79. The highest BCUT2D eigenvalue weighted by molar-refractivity contribution is 9.10. The van der Waals surface area contributed by atoms with Crippen LogP contribution in [0, 0.1) is 10.8 Å². The van der Waals surface area contributed by atoms with Gasteiger partial charge in [0.1, 0.15) is 5.03 Å². The number of pyridine rings is 1. The summed E-state index contributed by atoms with van der Waals surface area (Å²) in [6, 6.07) is 7.35. The predicted octanol–water partition coefficient (Wildman–Crippen LogP) is 4.50. The zero-order valence-corrected chi connectivity index (χ0v) is 16.2. The summed E-state index contributed by atoms with van der Waals surface area (Å²) in [7, 11) is 0. The standard InChI is InChI=1S/C12H6BrN7OS.C4H8/c13-7-1-2-10-15-16-12(19(10)5-7)22-11-4-3-9-14-8(18-21)6-20(9)17-11;1-4-2-3-4/h1-6H;4H,2-3H2,1H3. The van der Waals surface area contributed by atoms with Crippen molar-refractivity contribution in [1.29, 1.82) is 0 Å². The van der Waals surface area contributed by atoms with Gasteiger partial charge in [-0.3, -0.25) is 4.40 Å². The molecular formula is C16H14BrN7OS. The third-order valence-corrected chi connectivity index (χ3v) is 5.13. The summed E-state index contributed by atoms with van der Waals surface area (Å²) < 4.78 is 4.31. The first kappa shape index (κ1) is 17.1. The highest BCUT2D eigenvalue weighted by Gasteiger charge is 2.12. The van der Waals surface area contributed by atoms with Crippen molar-refractivity contribution in [1.82, 2.24) is 29.2 Å². The third-order valence-electron chi connectivity index (χ3n) is 3.77. The molecule has 4 aromatic rings. The van der Waals surface area contributed by atoms with Crippen LogP contribution < -0.4 is 0 Å². The third kappa shape index (κ3) is 3.75. The smallest absolute Gasteiger partial charge is 0.217 e. The van der Waals surface area contributed by atoms with Gasteiger partial charge in [-0.05, 0) is 63.1 Å². The minimum Gasteiger partial charge on any atom is -0.276 e. The molecule has 0 unspecified atom stereocenters. The van der Waals surface area contributed by atoms with E-state index in [2.05, 4.69) is 48.3 Å². The summed E-state index contributed by atoms with van der Waals surface area (Å²) in [5.41, 5.74) is 1.31. The number of rotatable bonds is 3. The molecule has 0 saturated heterocycles. The molecule has 0 aromatic carbocycles. The monoisotopic (exact) mass is 431 g/mol. The molecule has 1 aliphatic rings. The molecule has 0 amide bonds. The number of hydrogen-bond donors (Lipinski definition) is 0. The summed E-state index contributed by atoms with van der Waals surface area (Å²) in [6.07, 6.45) is 6.34. The lowest BCUT2D eigenvalue weighted by atomic mass is 10.5. The first-order valence-corrected chi connectivity index (χ1v) is 9.61. The van der Waals surface area contributed by atoms with Crippen molar-refractivity contribution in [2.45, 2.75) is 29.9 Å². The van der Waals surface area contributed by atoms with Crippen LogP contribution in [-0.4, -0.2) is 29.2 Å². The van der Waals surface area contributed by atoms with Gasteiger partial charge in [0.25, 0.3) is 0 Å². The van der Waals surface area contributed by atoms with Crippen LogP contribution in [0.4, 0.5) is 5.82 Å². The van der Waals surface area contributed by atoms with Crippen molar-refractivity contribution in [3.63, 3.8) is 0 Å². The van der Waals surface area contributed by atoms with Crippen molar-refractivity contribution >= 4 is 44.8 Å². The number of nitroso groups, excluding NO2 is 1. The van der Waals surface area contributed by atoms with Crippen LogP contribution in [0.3, 0.4) is 0 Å². The summed E-state index contributed by atoms with van der Waals surface area (Å²) in [5.74, 6) is 1.19. The lowest BCUT2D eigenvalue weighted by Gasteiger charge is -2.00. The molecule has 5 rings (SSSR count). The van der Waals surface area contributed by atoms with Gasteiger partial charge in [0.2, 0.25) is 11.0 Å². The quantitative estimate of drug-likeness (QED) is 0.443. The fourth-order valence-corrected chi connectivity index (χ4v) is 3.24. The van der Waals surface area contributed by atoms with Crippen LogP contribution in [-0.2, 0) is 0 Å². The van der Waals surface area contributed by atoms with Crippen molar-refractivity contribution < 1.29 is 0 Å². The van der Waals surface area contributed by atoms with Gasteiger partial charge in [0.05, 0.1) is 6.20 Å². The van der Waals surface area contributed by atoms with E-state index in [1.54, 1.807) is 12.1 Å². The van der Waals surface area contributed by atoms with Crippen LogP contribution in [0.5, 0.6) is 0 Å². The average molecular weight is 432 g/mol. The molecule has 4 aromatic heterocycles. The molecule has 10 heteroatoms. The number of aromatic nitrogens is 6. The molecular weight excluding hydrogens is 418 g/mol. The maximum absolute atomic E-state index is 10.5. The van der Waals surface area contributed by atoms with E-state index in [-0.39, 0.29) is 5.82 Å². The van der Waals surface area contributed by atoms with Gasteiger partial charge in [-0.15, -0.1) is 15.1 Å². The number of fused-ring (bicyclic) bond motifs is 2. The minimum absolute atomic E-state index is 0.103. The topological polar surface area (TPSA) is 89.8 Å². The lowest BCUT2D eigenvalue weighted by Crippen LogP contribution is -1.93. The van der Waals surface area contributed by atoms with Crippen LogP contribution in [0.15, 0.2) is 56.5 Å². The van der Waals surface area contributed by atoms with E-state index < -0.39 is 0 Å². The summed E-state index contributed by atoms with van der Waals surface area (Å²) in [4.78, 5) is 14.5. The minimum atomic E-state index is 0.103. The number of nitrogens with zero attached hydrogens (tertiary/aromatic N) is 7. The SMILES string of the molecule is CC1CC1.O=Nc1cn2nc(Sc3nnc4ccc(Br)cn34)ccc2n1. The van der Waals surface area contributed by atoms with Gasteiger partial charge in [-0.2, -0.15) is 5.10 Å². The molecule has 0 aliphatic heterocycles. The fourth-order valence-electron chi connectivity index (χ4n) is 2.12. The molecule has 4 heterocycles. The Bertz CT molecular complexity index is 1090. The van der Waals surface area contributed by atoms with E-state index in [1.807, 2.05) is 22.7 Å². The predicted molar refractivity (Wildman–Crippen MR) is 102 cm³/mol. The van der Waals surface area contributed by atoms with Crippen LogP contribution >= 0.6 is 27.7 Å². The van der Waals surface area contributed by atoms with Crippen molar-refractivity contribution in [3.05, 3.63) is 46.0 Å². The van der Waals surface area contributed by atoms with Crippen molar-refractivity contribution in [2.24, 2.45) is 11.1 Å². The Balaban J connectivity index is 0.000000373. The largest absolute Gasteiger partial charge is 0.276 e. The fraction of sp³-hybridized carbons (Fsp3) is 0.250. The highest BCUT2D eigenvalue weighted by Crippen LogP contribution is 2.27.